The van der Waals surface area contributed by atoms with Crippen LogP contribution in [-0.2, 0) is 36.2 Å². The molecule has 0 heterocycles. The molecule has 86 valence electrons. The average Bonchev–Trinajstić information content (AvgIpc) is 2.01. The van der Waals surface area contributed by atoms with Crippen molar-refractivity contribution in [2.45, 2.75) is 0 Å². The number of rotatable bonds is 2. The molecule has 4 N–H and O–H groups in total. The van der Waals surface area contributed by atoms with E-state index >= 15 is 0 Å². The van der Waals surface area contributed by atoms with Crippen LogP contribution in [0.5, 0.6) is 0 Å². The summed E-state index contributed by atoms with van der Waals surface area (Å²) in [7, 11) is 0. The number of hydrogen-bond donors (Lipinski definition) is 4. The number of carboxylic acids is 4. The molecule has 0 bridgehead atoms. The fourth-order valence-electron chi connectivity index (χ4n) is 0.143. The van der Waals surface area contributed by atoms with Gasteiger partial charge in [-0.15, -0.1) is 0 Å². The fraction of sp³-hybridized carbons (Fsp3) is 0. The fourth-order valence-corrected chi connectivity index (χ4v) is 0.143. The van der Waals surface area contributed by atoms with Crippen LogP contribution in [0.1, 0.15) is 0 Å². The van der Waals surface area contributed by atoms with Crippen molar-refractivity contribution in [3.63, 3.8) is 0 Å². The van der Waals surface area contributed by atoms with Gasteiger partial charge in [-0.05, 0) is 0 Å². The number of carbonyl (C=O) groups is 4. The molecule has 15 heavy (non-hydrogen) atoms. The first-order valence-electron chi connectivity index (χ1n) is 2.87. The second kappa shape index (κ2) is 10.2. The predicted octanol–water partition coefficient (Wildman–Crippen LogP) is -1.14. The summed E-state index contributed by atoms with van der Waals surface area (Å²) in [5.74, 6) is -6.16. The molecule has 0 saturated heterocycles. The Morgan fingerprint density at radius 2 is 0.867 bits per heavy atom. The zero-order valence-electron chi connectivity index (χ0n) is 6.93. The van der Waals surface area contributed by atoms with Gasteiger partial charge in [0.25, 0.3) is 0 Å². The molecule has 0 saturated carbocycles. The molecular weight excluding hydrogens is 256 g/mol. The number of aliphatic carboxylic acids is 4. The normalized spacial score (nSPS) is 8.00. The Morgan fingerprint density at radius 3 is 0.933 bits per heavy atom. The van der Waals surface area contributed by atoms with E-state index < -0.39 is 23.9 Å². The second-order valence-electron chi connectivity index (χ2n) is 1.62. The van der Waals surface area contributed by atoms with Gasteiger partial charge in [0.15, 0.2) is 0 Å². The quantitative estimate of drug-likeness (QED) is 0.277. The van der Waals surface area contributed by atoms with Crippen molar-refractivity contribution < 1.29 is 56.7 Å². The van der Waals surface area contributed by atoms with Crippen LogP contribution in [0.4, 0.5) is 0 Å². The number of hydrogen-bond acceptors (Lipinski definition) is 4. The summed E-state index contributed by atoms with van der Waals surface area (Å²) in [5.41, 5.74) is 0. The first kappa shape index (κ1) is 18.8. The third-order valence-corrected chi connectivity index (χ3v) is 0.551. The molecule has 0 rings (SSSR count). The minimum Gasteiger partial charge on any atom is -0.478 e. The molecule has 0 spiro atoms. The summed E-state index contributed by atoms with van der Waals surface area (Å²) in [5, 5.41) is 30.4. The van der Waals surface area contributed by atoms with E-state index in [-0.39, 0.29) is 17.1 Å². The Hall–Kier alpha value is -1.86. The van der Waals surface area contributed by atoms with Gasteiger partial charge in [-0.25, -0.2) is 19.2 Å². The molecule has 0 unspecified atom stereocenters. The van der Waals surface area contributed by atoms with Gasteiger partial charge in [0, 0.05) is 29.2 Å². The van der Waals surface area contributed by atoms with E-state index in [2.05, 4.69) is 0 Å². The first-order chi connectivity index (χ1) is 6.27. The van der Waals surface area contributed by atoms with E-state index in [4.69, 9.17) is 30.0 Å². The van der Waals surface area contributed by atoms with E-state index in [1.165, 1.54) is 0 Å². The van der Waals surface area contributed by atoms with Gasteiger partial charge in [-0.2, -0.15) is 0 Å². The molecule has 0 radical (unpaired) electrons. The van der Waals surface area contributed by atoms with Gasteiger partial charge < -0.3 is 20.4 Å². The van der Waals surface area contributed by atoms with Crippen LogP contribution >= 0.6 is 0 Å². The van der Waals surface area contributed by atoms with Gasteiger partial charge in [0.2, 0.25) is 0 Å². The smallest absolute Gasteiger partial charge is 0.414 e. The molecule has 0 aromatic heterocycles. The Balaban J connectivity index is -0.000000187. The maximum atomic E-state index is 9.55. The largest absolute Gasteiger partial charge is 0.478 e. The summed E-state index contributed by atoms with van der Waals surface area (Å²) >= 11 is 0. The minimum absolute atomic E-state index is 0. The monoisotopic (exact) mass is 262 g/mol. The van der Waals surface area contributed by atoms with E-state index in [0.29, 0.717) is 12.2 Å². The van der Waals surface area contributed by atoms with Crippen molar-refractivity contribution in [1.82, 2.24) is 0 Å². The average molecular weight is 262 g/mol. The van der Waals surface area contributed by atoms with E-state index in [1.807, 2.05) is 0 Å². The minimum atomic E-state index is -1.82. The SMILES string of the molecule is O=C(O)/C=C/C(=O)O.O=C(O)C(=O)O.[Fe]. The molecule has 0 fully saturated rings. The van der Waals surface area contributed by atoms with Crippen LogP contribution in [0.15, 0.2) is 12.2 Å². The summed E-state index contributed by atoms with van der Waals surface area (Å²) in [6.07, 6.45) is 1.12. The van der Waals surface area contributed by atoms with Gasteiger partial charge >= 0.3 is 23.9 Å². The molecule has 9 heteroatoms. The van der Waals surface area contributed by atoms with Crippen molar-refractivity contribution >= 4 is 23.9 Å². The molecule has 8 nitrogen and oxygen atoms in total. The molecule has 0 atom stereocenters. The Morgan fingerprint density at radius 1 is 0.667 bits per heavy atom. The van der Waals surface area contributed by atoms with Crippen molar-refractivity contribution in [2.24, 2.45) is 0 Å². The van der Waals surface area contributed by atoms with Crippen LogP contribution in [0, 0.1) is 0 Å². The van der Waals surface area contributed by atoms with E-state index in [9.17, 15) is 9.59 Å². The standard InChI is InChI=1S/C4H4O4.C2H2O4.Fe/c5-3(6)1-2-4(7)8;3-1(4)2(5)6;/h1-2H,(H,5,6)(H,7,8);(H,3,4)(H,5,6);/b2-1+;;. The Kier molecular flexibility index (Phi) is 12.8. The van der Waals surface area contributed by atoms with Crippen molar-refractivity contribution in [2.75, 3.05) is 0 Å². The van der Waals surface area contributed by atoms with Crippen molar-refractivity contribution in [3.8, 4) is 0 Å². The third kappa shape index (κ3) is 24.5. The zero-order chi connectivity index (χ0) is 11.7. The van der Waals surface area contributed by atoms with Crippen LogP contribution < -0.4 is 0 Å². The van der Waals surface area contributed by atoms with Crippen LogP contribution in [0.2, 0.25) is 0 Å². The maximum Gasteiger partial charge on any atom is 0.414 e. The zero-order valence-corrected chi connectivity index (χ0v) is 8.03. The summed E-state index contributed by atoms with van der Waals surface area (Å²) in [4.78, 5) is 37.3. The van der Waals surface area contributed by atoms with Crippen molar-refractivity contribution in [3.05, 3.63) is 12.2 Å². The van der Waals surface area contributed by atoms with Gasteiger partial charge in [0.05, 0.1) is 0 Å². The van der Waals surface area contributed by atoms with Gasteiger partial charge in [-0.1, -0.05) is 0 Å². The summed E-state index contributed by atoms with van der Waals surface area (Å²) in [6, 6.07) is 0. The molecule has 0 aliphatic heterocycles. The molecular formula is C6H6FeO8. The molecule has 0 aromatic rings. The van der Waals surface area contributed by atoms with Crippen LogP contribution in [0.25, 0.3) is 0 Å². The van der Waals surface area contributed by atoms with Gasteiger partial charge in [-0.3, -0.25) is 0 Å². The summed E-state index contributed by atoms with van der Waals surface area (Å²) in [6.45, 7) is 0. The van der Waals surface area contributed by atoms with Crippen LogP contribution in [0.3, 0.4) is 0 Å². The molecule has 0 aliphatic carbocycles. The topological polar surface area (TPSA) is 149 Å². The molecule has 0 amide bonds. The predicted molar refractivity (Wildman–Crippen MR) is 39.7 cm³/mol. The van der Waals surface area contributed by atoms with E-state index in [0.717, 1.165) is 0 Å². The molecule has 0 aromatic carbocycles. The second-order valence-corrected chi connectivity index (χ2v) is 1.62. The van der Waals surface area contributed by atoms with Gasteiger partial charge in [0.1, 0.15) is 0 Å². The Labute approximate surface area is 93.3 Å². The van der Waals surface area contributed by atoms with Crippen LogP contribution in [-0.4, -0.2) is 44.3 Å². The first-order valence-corrected chi connectivity index (χ1v) is 2.87. The van der Waals surface area contributed by atoms with E-state index in [1.54, 1.807) is 0 Å². The van der Waals surface area contributed by atoms with Crippen molar-refractivity contribution in [1.29, 1.82) is 0 Å². The third-order valence-electron chi connectivity index (χ3n) is 0.551. The Bertz CT molecular complexity index is 253. The summed E-state index contributed by atoms with van der Waals surface area (Å²) < 4.78 is 0. The maximum absolute atomic E-state index is 9.55. The molecule has 0 aliphatic rings. The number of carboxylic acid groups (broad SMARTS) is 4.